The predicted octanol–water partition coefficient (Wildman–Crippen LogP) is 9.01. The lowest BCUT2D eigenvalue weighted by Crippen LogP contribution is -2.46. The van der Waals surface area contributed by atoms with Crippen molar-refractivity contribution >= 4 is 5.97 Å². The number of cyclic esters (lactones) is 1. The van der Waals surface area contributed by atoms with Crippen molar-refractivity contribution in [2.24, 2.45) is 11.3 Å². The largest absolute Gasteiger partial charge is 0.462 e. The highest BCUT2D eigenvalue weighted by atomic mass is 16.7. The molecule has 4 atom stereocenters. The van der Waals surface area contributed by atoms with Crippen molar-refractivity contribution in [3.63, 3.8) is 0 Å². The molecule has 3 fully saturated rings. The molecule has 0 amide bonds. The van der Waals surface area contributed by atoms with E-state index in [4.69, 9.17) is 14.4 Å². The standard InChI is InChI=1S/C21H40O2.C16H32N2O3/c1-5-6-7-8-9-10-11-12-13-14-15-21(3,4)17-19-16-18(2)20(22)23-19;1-14-8-4-6-10-17(14)20-12-16(3,19)13-21-18-11-7-5-9-15(18)2/h18-19H,5-17H2,1-4H3;14-15,19H,4-13H2,1-3H3. The van der Waals surface area contributed by atoms with Gasteiger partial charge < -0.3 is 9.84 Å². The summed E-state index contributed by atoms with van der Waals surface area (Å²) in [7, 11) is 0. The summed E-state index contributed by atoms with van der Waals surface area (Å²) >= 11 is 0. The third kappa shape index (κ3) is 16.7. The Kier molecular flexibility index (Phi) is 19.0. The quantitative estimate of drug-likeness (QED) is 0.114. The number of esters is 1. The molecule has 0 radical (unpaired) electrons. The Labute approximate surface area is 272 Å². The van der Waals surface area contributed by atoms with Gasteiger partial charge in [0.25, 0.3) is 0 Å². The fourth-order valence-electron chi connectivity index (χ4n) is 6.77. The van der Waals surface area contributed by atoms with Crippen molar-refractivity contribution < 1.29 is 24.3 Å². The van der Waals surface area contributed by atoms with Crippen molar-refractivity contribution in [2.45, 2.75) is 194 Å². The smallest absolute Gasteiger partial charge is 0.309 e. The van der Waals surface area contributed by atoms with E-state index in [0.717, 1.165) is 25.9 Å². The van der Waals surface area contributed by atoms with Crippen LogP contribution in [0.25, 0.3) is 0 Å². The lowest BCUT2D eigenvalue weighted by atomic mass is 9.80. The van der Waals surface area contributed by atoms with Gasteiger partial charge in [0.1, 0.15) is 11.7 Å². The van der Waals surface area contributed by atoms with E-state index < -0.39 is 5.60 Å². The molecule has 3 aliphatic heterocycles. The fourth-order valence-corrected chi connectivity index (χ4v) is 6.77. The normalized spacial score (nSPS) is 26.6. The number of hydrogen-bond acceptors (Lipinski definition) is 7. The molecular formula is C37H72N2O5. The van der Waals surface area contributed by atoms with Crippen LogP contribution in [0.5, 0.6) is 0 Å². The van der Waals surface area contributed by atoms with Gasteiger partial charge in [0.05, 0.1) is 19.1 Å². The van der Waals surface area contributed by atoms with E-state index >= 15 is 0 Å². The van der Waals surface area contributed by atoms with Crippen LogP contribution in [0.1, 0.15) is 170 Å². The molecule has 0 saturated carbocycles. The second-order valence-corrected chi connectivity index (χ2v) is 15.5. The molecule has 3 saturated heterocycles. The Morgan fingerprint density at radius 3 is 1.68 bits per heavy atom. The number of piperidine rings is 2. The molecule has 0 aromatic rings. The monoisotopic (exact) mass is 625 g/mol. The SMILES string of the molecule is CC1CCCCN1OCC(C)(O)CON1CCCCC1C.CCCCCCCCCCCCC(C)(C)CC1CC(C)C(=O)O1. The maximum absolute atomic E-state index is 11.5. The van der Waals surface area contributed by atoms with E-state index in [9.17, 15) is 9.90 Å². The van der Waals surface area contributed by atoms with E-state index in [1.54, 1.807) is 6.92 Å². The number of hydroxylamine groups is 4. The van der Waals surface area contributed by atoms with Crippen molar-refractivity contribution in [1.82, 2.24) is 10.1 Å². The molecule has 7 heteroatoms. The third-order valence-electron chi connectivity index (χ3n) is 9.86. The van der Waals surface area contributed by atoms with Crippen LogP contribution < -0.4 is 0 Å². The molecule has 260 valence electrons. The Bertz CT molecular complexity index is 732. The van der Waals surface area contributed by atoms with Crippen LogP contribution in [0.15, 0.2) is 0 Å². The topological polar surface area (TPSA) is 71.5 Å². The second kappa shape index (κ2) is 21.2. The van der Waals surface area contributed by atoms with Crippen molar-refractivity contribution in [1.29, 1.82) is 0 Å². The van der Waals surface area contributed by atoms with Gasteiger partial charge in [0, 0.05) is 25.2 Å². The molecule has 3 heterocycles. The molecule has 0 aromatic carbocycles. The van der Waals surface area contributed by atoms with Crippen LogP contribution in [0, 0.1) is 11.3 Å². The molecule has 0 aliphatic carbocycles. The average Bonchev–Trinajstić information content (AvgIpc) is 3.28. The van der Waals surface area contributed by atoms with E-state index in [1.807, 2.05) is 17.1 Å². The summed E-state index contributed by atoms with van der Waals surface area (Å²) < 4.78 is 5.47. The first-order valence-corrected chi connectivity index (χ1v) is 18.6. The highest BCUT2D eigenvalue weighted by Gasteiger charge is 2.34. The van der Waals surface area contributed by atoms with Gasteiger partial charge in [-0.2, -0.15) is 10.1 Å². The summed E-state index contributed by atoms with van der Waals surface area (Å²) in [6.07, 6.45) is 24.5. The molecule has 7 nitrogen and oxygen atoms in total. The number of rotatable bonds is 19. The highest BCUT2D eigenvalue weighted by molar-refractivity contribution is 5.74. The van der Waals surface area contributed by atoms with Gasteiger partial charge in [0.15, 0.2) is 0 Å². The zero-order chi connectivity index (χ0) is 32.4. The third-order valence-corrected chi connectivity index (χ3v) is 9.86. The highest BCUT2D eigenvalue weighted by Crippen LogP contribution is 2.35. The van der Waals surface area contributed by atoms with Gasteiger partial charge in [0.2, 0.25) is 0 Å². The Morgan fingerprint density at radius 2 is 1.25 bits per heavy atom. The number of unbranched alkanes of at least 4 members (excludes halogenated alkanes) is 9. The molecule has 44 heavy (non-hydrogen) atoms. The number of carbonyl (C=O) groups excluding carboxylic acids is 1. The summed E-state index contributed by atoms with van der Waals surface area (Å²) in [5, 5.41) is 14.5. The van der Waals surface area contributed by atoms with E-state index in [-0.39, 0.29) is 18.0 Å². The lowest BCUT2D eigenvalue weighted by molar-refractivity contribution is -0.262. The van der Waals surface area contributed by atoms with Gasteiger partial charge >= 0.3 is 5.97 Å². The first-order valence-electron chi connectivity index (χ1n) is 18.6. The van der Waals surface area contributed by atoms with Crippen molar-refractivity contribution in [3.8, 4) is 0 Å². The minimum atomic E-state index is -0.950. The second-order valence-electron chi connectivity index (χ2n) is 15.5. The maximum Gasteiger partial charge on any atom is 0.309 e. The molecule has 0 spiro atoms. The average molecular weight is 625 g/mol. The van der Waals surface area contributed by atoms with E-state index in [2.05, 4.69) is 34.6 Å². The number of carbonyl (C=O) groups is 1. The number of hydrogen-bond donors (Lipinski definition) is 1. The number of nitrogens with zero attached hydrogens (tertiary/aromatic N) is 2. The Morgan fingerprint density at radius 1 is 0.773 bits per heavy atom. The summed E-state index contributed by atoms with van der Waals surface area (Å²) in [4.78, 5) is 23.1. The van der Waals surface area contributed by atoms with Gasteiger partial charge in [-0.15, -0.1) is 0 Å². The number of aliphatic hydroxyl groups is 1. The van der Waals surface area contributed by atoms with Crippen LogP contribution in [0.4, 0.5) is 0 Å². The molecule has 4 unspecified atom stereocenters. The first kappa shape index (κ1) is 39.4. The van der Waals surface area contributed by atoms with Gasteiger partial charge in [-0.05, 0) is 71.1 Å². The summed E-state index contributed by atoms with van der Waals surface area (Å²) in [6.45, 7) is 17.6. The maximum atomic E-state index is 11.5. The fraction of sp³-hybridized carbons (Fsp3) is 0.973. The Hall–Kier alpha value is -0.730. The molecule has 0 bridgehead atoms. The Balaban J connectivity index is 0.000000308. The minimum Gasteiger partial charge on any atom is -0.462 e. The molecule has 0 aromatic heterocycles. The molecule has 3 rings (SSSR count). The summed E-state index contributed by atoms with van der Waals surface area (Å²) in [5.41, 5.74) is -0.649. The van der Waals surface area contributed by atoms with Crippen LogP contribution in [-0.4, -0.2) is 71.3 Å². The van der Waals surface area contributed by atoms with E-state index in [1.165, 1.54) is 109 Å². The molecule has 3 aliphatic rings. The van der Waals surface area contributed by atoms with Crippen LogP contribution in [-0.2, 0) is 19.2 Å². The predicted molar refractivity (Wildman–Crippen MR) is 181 cm³/mol. The summed E-state index contributed by atoms with van der Waals surface area (Å²) in [6, 6.07) is 0.884. The lowest BCUT2D eigenvalue weighted by Gasteiger charge is -2.37. The van der Waals surface area contributed by atoms with Crippen molar-refractivity contribution in [3.05, 3.63) is 0 Å². The summed E-state index contributed by atoms with van der Waals surface area (Å²) in [5.74, 6) is 0.109. The zero-order valence-electron chi connectivity index (χ0n) is 30.0. The molecular weight excluding hydrogens is 552 g/mol. The van der Waals surface area contributed by atoms with E-state index in [0.29, 0.717) is 30.7 Å². The van der Waals surface area contributed by atoms with Gasteiger partial charge in [-0.25, -0.2) is 0 Å². The van der Waals surface area contributed by atoms with Crippen LogP contribution in [0.2, 0.25) is 0 Å². The first-order chi connectivity index (χ1) is 20.9. The van der Waals surface area contributed by atoms with Crippen molar-refractivity contribution in [2.75, 3.05) is 26.3 Å². The number of ether oxygens (including phenoxy) is 1. The molecule has 1 N–H and O–H groups in total. The van der Waals surface area contributed by atoms with Gasteiger partial charge in [-0.1, -0.05) is 105 Å². The van der Waals surface area contributed by atoms with Crippen LogP contribution in [0.3, 0.4) is 0 Å². The van der Waals surface area contributed by atoms with Gasteiger partial charge in [-0.3, -0.25) is 14.5 Å². The zero-order valence-corrected chi connectivity index (χ0v) is 30.0. The van der Waals surface area contributed by atoms with Crippen LogP contribution >= 0.6 is 0 Å². The minimum absolute atomic E-state index is 0.00439.